The molecular weight excluding hydrogens is 1230 g/mol. The van der Waals surface area contributed by atoms with Crippen molar-refractivity contribution < 1.29 is 76.7 Å². The number of nitrogens with one attached hydrogen (secondary N) is 7. The van der Waals surface area contributed by atoms with Gasteiger partial charge < -0.3 is 45.5 Å². The van der Waals surface area contributed by atoms with Gasteiger partial charge in [0.1, 0.15) is 57.6 Å². The molecule has 37 heteroatoms. The van der Waals surface area contributed by atoms with Gasteiger partial charge in [0.25, 0.3) is 29.3 Å². The normalized spacial score (nSPS) is 11.3. The lowest BCUT2D eigenvalue weighted by Gasteiger charge is -2.07. The molecule has 6 amide bonds. The summed E-state index contributed by atoms with van der Waals surface area (Å²) in [6.07, 6.45) is 4.21. The summed E-state index contributed by atoms with van der Waals surface area (Å²) in [6.45, 7) is 4.63. The van der Waals surface area contributed by atoms with Gasteiger partial charge in [-0.3, -0.25) is 28.6 Å². The molecule has 0 saturated heterocycles. The molecule has 9 N–H and O–H groups in total. The predicted molar refractivity (Wildman–Crippen MR) is 294 cm³/mol. The number of hydrogen-bond donors (Lipinski definition) is 9. The first kappa shape index (κ1) is 62.3. The summed E-state index contributed by atoms with van der Waals surface area (Å²) in [7, 11) is -6.68. The third-order valence-electron chi connectivity index (χ3n) is 10.3. The number of benzene rings is 3. The summed E-state index contributed by atoms with van der Waals surface area (Å²) >= 11 is 2.53. The van der Waals surface area contributed by atoms with E-state index >= 15 is 0 Å². The van der Waals surface area contributed by atoms with Crippen LogP contribution in [0, 0.1) is 0 Å². The number of aromatic amines is 1. The number of halogens is 2. The molecule has 0 aliphatic rings. The van der Waals surface area contributed by atoms with E-state index in [1.165, 1.54) is 63.8 Å². The van der Waals surface area contributed by atoms with Gasteiger partial charge in [-0.05, 0) is 54.6 Å². The van der Waals surface area contributed by atoms with Gasteiger partial charge in [0, 0.05) is 82.9 Å². The maximum atomic E-state index is 12.0. The van der Waals surface area contributed by atoms with Crippen LogP contribution in [-0.4, -0.2) is 120 Å². The Kier molecular flexibility index (Phi) is 20.9. The van der Waals surface area contributed by atoms with Crippen LogP contribution in [0.25, 0.3) is 32.7 Å². The molecule has 82 heavy (non-hydrogen) atoms. The molecule has 6 aromatic heterocycles. The fraction of sp³-hybridized carbons (Fsp3) is 0.200. The number of alkyl halides is 1. The fourth-order valence-corrected chi connectivity index (χ4v) is 8.19. The van der Waals surface area contributed by atoms with Crippen molar-refractivity contribution in [2.45, 2.75) is 52.2 Å². The molecule has 9 rings (SSSR count). The number of rotatable bonds is 17. The van der Waals surface area contributed by atoms with E-state index in [9.17, 15) is 54.0 Å². The number of anilines is 3. The number of carbonyl (C=O) groups is 6. The Morgan fingerprint density at radius 3 is 1.24 bits per heavy atom. The molecule has 32 nitrogen and oxygen atoms in total. The molecule has 434 valence electrons. The van der Waals surface area contributed by atoms with Crippen LogP contribution in [0.1, 0.15) is 69.3 Å². The number of urea groups is 3. The maximum absolute atomic E-state index is 12.0. The molecule has 0 saturated carbocycles. The Bertz CT molecular complexity index is 3940. The Morgan fingerprint density at radius 1 is 0.549 bits per heavy atom. The summed E-state index contributed by atoms with van der Waals surface area (Å²) in [5, 5.41) is 42.9. The van der Waals surface area contributed by atoms with E-state index in [-0.39, 0.29) is 59.1 Å². The first-order valence-electron chi connectivity index (χ1n) is 22.9. The fourth-order valence-electron chi connectivity index (χ4n) is 6.92. The maximum Gasteiger partial charge on any atom is 0.319 e. The van der Waals surface area contributed by atoms with Gasteiger partial charge >= 0.3 is 18.1 Å². The van der Waals surface area contributed by atoms with Crippen molar-refractivity contribution in [1.82, 2.24) is 61.2 Å². The van der Waals surface area contributed by atoms with Gasteiger partial charge in [-0.15, -0.1) is 0 Å². The van der Waals surface area contributed by atoms with E-state index in [1.807, 2.05) is 0 Å². The number of nitrogens with zero attached hydrogens (tertiary/aromatic N) is 8. The molecule has 0 atom stereocenters. The van der Waals surface area contributed by atoms with E-state index in [0.29, 0.717) is 67.0 Å². The Labute approximate surface area is 475 Å². The van der Waals surface area contributed by atoms with Crippen molar-refractivity contribution in [2.24, 2.45) is 0 Å². The highest BCUT2D eigenvalue weighted by atomic mass is 79.9. The number of Topliss-reactive ketones (excluding diaryl/α,β-unsaturated/α-hetero) is 3. The summed E-state index contributed by atoms with van der Waals surface area (Å²) in [4.78, 5) is 70.9. The molecule has 6 heterocycles. The van der Waals surface area contributed by atoms with Crippen molar-refractivity contribution in [2.75, 3.05) is 20.6 Å². The quantitative estimate of drug-likeness (QED) is 0.0226. The van der Waals surface area contributed by atoms with E-state index in [4.69, 9.17) is 19.8 Å². The SMILES string of the molecule is CC(=O)c1n[nH]c2ccc(NC(=O)NCc3ccon3)cc12.CC(=O)c1nn(CS(=O)(=O)Cl)c2ccc(NC(=O)NCc3ccon3)cc12.CC(=O)c1nn(CS(=O)(=O)O)c2ccc(NC(=O)NCc3ccon3)cc12.O=S(=O)(O)CBr. The lowest BCUT2D eigenvalue weighted by Crippen LogP contribution is -2.28. The van der Waals surface area contributed by atoms with Gasteiger partial charge in [0.05, 0.1) is 36.2 Å². The molecule has 3 aromatic carbocycles. The van der Waals surface area contributed by atoms with Gasteiger partial charge in [0.2, 0.25) is 0 Å². The Hall–Kier alpha value is -8.94. The highest BCUT2D eigenvalue weighted by Gasteiger charge is 2.21. The van der Waals surface area contributed by atoms with Crippen LogP contribution in [0.2, 0.25) is 0 Å². The number of amides is 6. The Balaban J connectivity index is 0.000000189. The second kappa shape index (κ2) is 27.5. The standard InChI is InChI=1S/C15H14ClN5O5S.C15H15N5O6S.C14H13N5O3.CH3BrO3S/c1-9(22)14-12-6-10(18-15(23)17-7-11-4-5-26-20-11)2-3-13(12)21(19-14)8-27(16,24)25;1-9(21)14-12-6-10(17-15(22)16-7-11-4-5-26-19-11)2-3-13(12)20(18-14)8-27(23,24)25;1-8(20)13-11-6-9(2-3-12(11)17-18-13)16-14(21)15-7-10-4-5-22-19-10;2-1-6(3,4)5/h2-6H,7-8H2,1H3,(H2,17,18,23);2-6H,7-8H2,1H3,(H2,16,17,22)(H,23,24,25);2-6H,7H2,1H3,(H,17,18)(H2,15,16,21);1H2,(H,3,4,5). The first-order valence-corrected chi connectivity index (χ1v) is 29.7. The average molecular weight is 1280 g/mol. The third kappa shape index (κ3) is 18.8. The van der Waals surface area contributed by atoms with E-state index < -0.39 is 53.1 Å². The minimum Gasteiger partial charge on any atom is -0.364 e. The zero-order valence-electron chi connectivity index (χ0n) is 42.5. The Morgan fingerprint density at radius 2 is 0.915 bits per heavy atom. The van der Waals surface area contributed by atoms with Gasteiger partial charge in [-0.2, -0.15) is 32.1 Å². The predicted octanol–water partition coefficient (Wildman–Crippen LogP) is 5.77. The van der Waals surface area contributed by atoms with E-state index in [1.54, 1.807) is 48.5 Å². The minimum atomic E-state index is -4.34. The monoisotopic (exact) mass is 1280 g/mol. The van der Waals surface area contributed by atoms with Crippen molar-refractivity contribution in [1.29, 1.82) is 0 Å². The molecule has 0 spiro atoms. The largest absolute Gasteiger partial charge is 0.364 e. The summed E-state index contributed by atoms with van der Waals surface area (Å²) < 4.78 is 96.5. The van der Waals surface area contributed by atoms with Crippen LogP contribution in [0.5, 0.6) is 0 Å². The van der Waals surface area contributed by atoms with Crippen molar-refractivity contribution in [3.05, 3.63) is 126 Å². The zero-order valence-corrected chi connectivity index (χ0v) is 47.3. The lowest BCUT2D eigenvalue weighted by molar-refractivity contribution is 0.100. The summed E-state index contributed by atoms with van der Waals surface area (Å²) in [5.74, 6) is -2.25. The molecule has 0 bridgehead atoms. The summed E-state index contributed by atoms with van der Waals surface area (Å²) in [5.41, 5.74) is 4.98. The third-order valence-corrected chi connectivity index (χ3v) is 13.7. The van der Waals surface area contributed by atoms with Crippen LogP contribution < -0.4 is 31.9 Å². The van der Waals surface area contributed by atoms with Crippen LogP contribution in [-0.2, 0) is 60.7 Å². The van der Waals surface area contributed by atoms with Crippen molar-refractivity contribution in [3.63, 3.8) is 0 Å². The molecule has 0 unspecified atom stereocenters. The number of fused-ring (bicyclic) bond motifs is 3. The molecule has 0 radical (unpaired) electrons. The minimum absolute atomic E-state index is 0.0281. The van der Waals surface area contributed by atoms with Crippen LogP contribution in [0.15, 0.2) is 105 Å². The number of aromatic nitrogens is 9. The van der Waals surface area contributed by atoms with E-state index in [2.05, 4.69) is 97.3 Å². The summed E-state index contributed by atoms with van der Waals surface area (Å²) in [6, 6.07) is 17.8. The molecule has 9 aromatic rings. The average Bonchev–Trinajstić information content (AvgIpc) is 4.48. The first-order chi connectivity index (χ1) is 38.6. The van der Waals surface area contributed by atoms with Crippen LogP contribution in [0.3, 0.4) is 0 Å². The molecular formula is C45H45BrClN15O17S3. The zero-order chi connectivity index (χ0) is 59.9. The highest BCUT2D eigenvalue weighted by molar-refractivity contribution is 9.10. The second-order valence-corrected chi connectivity index (χ2v) is 23.6. The highest BCUT2D eigenvalue weighted by Crippen LogP contribution is 2.26. The smallest absolute Gasteiger partial charge is 0.319 e. The molecule has 0 aliphatic carbocycles. The van der Waals surface area contributed by atoms with Gasteiger partial charge in [-0.25, -0.2) is 32.2 Å². The van der Waals surface area contributed by atoms with Crippen molar-refractivity contribution in [3.8, 4) is 0 Å². The topological polar surface area (TPSA) is 460 Å². The van der Waals surface area contributed by atoms with Gasteiger partial charge in [0.15, 0.2) is 29.1 Å². The number of carbonyl (C=O) groups excluding carboxylic acids is 6. The van der Waals surface area contributed by atoms with Crippen molar-refractivity contribution >= 4 is 141 Å². The number of H-pyrrole nitrogens is 1. The number of hydrogen-bond acceptors (Lipinski definition) is 21. The van der Waals surface area contributed by atoms with Gasteiger partial charge in [-0.1, -0.05) is 31.4 Å². The molecule has 0 fully saturated rings. The van der Waals surface area contributed by atoms with E-state index in [0.717, 1.165) is 14.9 Å². The molecule has 0 aliphatic heterocycles. The van der Waals surface area contributed by atoms with Crippen LogP contribution >= 0.6 is 26.6 Å². The lowest BCUT2D eigenvalue weighted by atomic mass is 10.1. The van der Waals surface area contributed by atoms with Crippen LogP contribution in [0.4, 0.5) is 31.4 Å². The second-order valence-electron chi connectivity index (χ2n) is 16.6. The number of ketones is 3.